The monoisotopic (exact) mass is 291 g/mol. The normalized spacial score (nSPS) is 12.2. The van der Waals surface area contributed by atoms with E-state index < -0.39 is 11.0 Å². The topological polar surface area (TPSA) is 89.2 Å². The Morgan fingerprint density at radius 3 is 2.75 bits per heavy atom. The van der Waals surface area contributed by atoms with E-state index in [1.807, 2.05) is 6.92 Å². The summed E-state index contributed by atoms with van der Waals surface area (Å²) in [6.07, 6.45) is 0.865. The highest BCUT2D eigenvalue weighted by Crippen LogP contribution is 2.34. The maximum absolute atomic E-state index is 11.1. The second-order valence-electron chi connectivity index (χ2n) is 4.24. The van der Waals surface area contributed by atoms with Crippen LogP contribution >= 0.6 is 11.8 Å². The van der Waals surface area contributed by atoms with Crippen LogP contribution in [0, 0.1) is 17.0 Å². The van der Waals surface area contributed by atoms with Crippen molar-refractivity contribution in [3.8, 4) is 0 Å². The zero-order chi connectivity index (χ0) is 14.7. The molecule has 0 amide bonds. The third-order valence-electron chi connectivity index (χ3n) is 2.64. The standard InChI is InChI=1S/C13H13N3O3S/c1-8-5-6-14-13(15-8)20-12-4-3-10(9(2)17)7-11(12)16(18)19/h3-7,9,17H,1-2H3/t9-/m1/s1. The Morgan fingerprint density at radius 1 is 1.40 bits per heavy atom. The SMILES string of the molecule is Cc1ccnc(Sc2ccc([C@@H](C)O)cc2[N+](=O)[O-])n1. The number of rotatable bonds is 4. The molecule has 6 nitrogen and oxygen atoms in total. The quantitative estimate of drug-likeness (QED) is 0.529. The van der Waals surface area contributed by atoms with Gasteiger partial charge in [0.2, 0.25) is 0 Å². The molecule has 0 aliphatic carbocycles. The first-order chi connectivity index (χ1) is 9.47. The number of hydrogen-bond donors (Lipinski definition) is 1. The summed E-state index contributed by atoms with van der Waals surface area (Å²) in [5.74, 6) is 0. The lowest BCUT2D eigenvalue weighted by atomic mass is 10.1. The minimum absolute atomic E-state index is 0.0569. The minimum Gasteiger partial charge on any atom is -0.389 e. The molecule has 0 spiro atoms. The molecule has 0 aliphatic rings. The van der Waals surface area contributed by atoms with Crippen molar-refractivity contribution in [3.05, 3.63) is 51.8 Å². The number of nitro groups is 1. The first-order valence-corrected chi connectivity index (χ1v) is 6.73. The maximum Gasteiger partial charge on any atom is 0.283 e. The third-order valence-corrected chi connectivity index (χ3v) is 3.58. The van der Waals surface area contributed by atoms with Crippen molar-refractivity contribution in [2.45, 2.75) is 30.0 Å². The van der Waals surface area contributed by atoms with Crippen molar-refractivity contribution in [3.63, 3.8) is 0 Å². The molecule has 1 atom stereocenters. The fraction of sp³-hybridized carbons (Fsp3) is 0.231. The van der Waals surface area contributed by atoms with Crippen molar-refractivity contribution in [1.82, 2.24) is 9.97 Å². The van der Waals surface area contributed by atoms with Gasteiger partial charge in [-0.15, -0.1) is 0 Å². The molecule has 1 N–H and O–H groups in total. The van der Waals surface area contributed by atoms with E-state index >= 15 is 0 Å². The van der Waals surface area contributed by atoms with Crippen LogP contribution in [0.5, 0.6) is 0 Å². The Morgan fingerprint density at radius 2 is 2.15 bits per heavy atom. The Hall–Kier alpha value is -1.99. The molecule has 0 unspecified atom stereocenters. The predicted octanol–water partition coefficient (Wildman–Crippen LogP) is 2.90. The van der Waals surface area contributed by atoms with Gasteiger partial charge in [-0.25, -0.2) is 9.97 Å². The fourth-order valence-electron chi connectivity index (χ4n) is 1.60. The summed E-state index contributed by atoms with van der Waals surface area (Å²) in [4.78, 5) is 19.4. The van der Waals surface area contributed by atoms with E-state index in [2.05, 4.69) is 9.97 Å². The van der Waals surface area contributed by atoms with Crippen LogP contribution in [0.3, 0.4) is 0 Å². The number of aryl methyl sites for hydroxylation is 1. The van der Waals surface area contributed by atoms with Gasteiger partial charge in [0.05, 0.1) is 15.9 Å². The van der Waals surface area contributed by atoms with Gasteiger partial charge in [-0.2, -0.15) is 0 Å². The van der Waals surface area contributed by atoms with Crippen molar-refractivity contribution in [1.29, 1.82) is 0 Å². The Balaban J connectivity index is 2.38. The smallest absolute Gasteiger partial charge is 0.283 e. The zero-order valence-corrected chi connectivity index (χ0v) is 11.8. The van der Waals surface area contributed by atoms with E-state index in [0.29, 0.717) is 15.6 Å². The van der Waals surface area contributed by atoms with Crippen LogP contribution in [-0.4, -0.2) is 20.0 Å². The molecule has 7 heteroatoms. The first-order valence-electron chi connectivity index (χ1n) is 5.91. The van der Waals surface area contributed by atoms with Gasteiger partial charge in [0.1, 0.15) is 0 Å². The number of nitrogens with zero attached hydrogens (tertiary/aromatic N) is 3. The van der Waals surface area contributed by atoms with E-state index in [1.165, 1.54) is 6.07 Å². The number of aromatic nitrogens is 2. The van der Waals surface area contributed by atoms with Crippen molar-refractivity contribution in [2.24, 2.45) is 0 Å². The number of nitro benzene ring substituents is 1. The lowest BCUT2D eigenvalue weighted by Crippen LogP contribution is -1.97. The molecule has 20 heavy (non-hydrogen) atoms. The third kappa shape index (κ3) is 3.31. The number of hydrogen-bond acceptors (Lipinski definition) is 6. The molecule has 0 bridgehead atoms. The maximum atomic E-state index is 11.1. The number of aliphatic hydroxyl groups is 1. The van der Waals surface area contributed by atoms with E-state index in [9.17, 15) is 15.2 Å². The molecule has 0 saturated carbocycles. The van der Waals surface area contributed by atoms with Gasteiger partial charge in [0, 0.05) is 18.0 Å². The Bertz CT molecular complexity index is 647. The summed E-state index contributed by atoms with van der Waals surface area (Å²) in [5.41, 5.74) is 1.25. The largest absolute Gasteiger partial charge is 0.389 e. The molecule has 0 aliphatic heterocycles. The second kappa shape index (κ2) is 5.98. The van der Waals surface area contributed by atoms with E-state index in [0.717, 1.165) is 17.5 Å². The van der Waals surface area contributed by atoms with Gasteiger partial charge in [-0.1, -0.05) is 6.07 Å². The highest BCUT2D eigenvalue weighted by molar-refractivity contribution is 7.99. The van der Waals surface area contributed by atoms with Crippen LogP contribution < -0.4 is 0 Å². The van der Waals surface area contributed by atoms with Crippen molar-refractivity contribution in [2.75, 3.05) is 0 Å². The molecule has 1 aromatic carbocycles. The molecule has 1 aromatic heterocycles. The van der Waals surface area contributed by atoms with Gasteiger partial charge in [-0.3, -0.25) is 10.1 Å². The van der Waals surface area contributed by atoms with Crippen LogP contribution in [0.2, 0.25) is 0 Å². The van der Waals surface area contributed by atoms with Crippen LogP contribution in [0.25, 0.3) is 0 Å². The highest BCUT2D eigenvalue weighted by atomic mass is 32.2. The molecule has 0 radical (unpaired) electrons. The van der Waals surface area contributed by atoms with E-state index in [1.54, 1.807) is 31.3 Å². The Kier molecular flexibility index (Phi) is 4.31. The van der Waals surface area contributed by atoms with Gasteiger partial charge >= 0.3 is 0 Å². The molecule has 104 valence electrons. The molecule has 0 fully saturated rings. The van der Waals surface area contributed by atoms with E-state index in [-0.39, 0.29) is 5.69 Å². The summed E-state index contributed by atoms with van der Waals surface area (Å²) >= 11 is 1.13. The average Bonchev–Trinajstić information content (AvgIpc) is 2.38. The minimum atomic E-state index is -0.747. The summed E-state index contributed by atoms with van der Waals surface area (Å²) in [7, 11) is 0. The highest BCUT2D eigenvalue weighted by Gasteiger charge is 2.18. The molecular weight excluding hydrogens is 278 g/mol. The Labute approximate surface area is 120 Å². The second-order valence-corrected chi connectivity index (χ2v) is 5.25. The van der Waals surface area contributed by atoms with Crippen molar-refractivity contribution >= 4 is 17.4 Å². The van der Waals surface area contributed by atoms with Gasteiger partial charge in [0.25, 0.3) is 5.69 Å². The average molecular weight is 291 g/mol. The van der Waals surface area contributed by atoms with Crippen LogP contribution in [0.15, 0.2) is 40.5 Å². The summed E-state index contributed by atoms with van der Waals surface area (Å²) in [5, 5.41) is 21.1. The number of aliphatic hydroxyl groups excluding tert-OH is 1. The van der Waals surface area contributed by atoms with Gasteiger partial charge < -0.3 is 5.11 Å². The van der Waals surface area contributed by atoms with Crippen molar-refractivity contribution < 1.29 is 10.0 Å². The van der Waals surface area contributed by atoms with E-state index in [4.69, 9.17) is 0 Å². The molecule has 0 saturated heterocycles. The fourth-order valence-corrected chi connectivity index (χ4v) is 2.47. The summed E-state index contributed by atoms with van der Waals surface area (Å²) < 4.78 is 0. The lowest BCUT2D eigenvalue weighted by Gasteiger charge is -2.07. The van der Waals surface area contributed by atoms with Crippen LogP contribution in [-0.2, 0) is 0 Å². The summed E-state index contributed by atoms with van der Waals surface area (Å²) in [6.45, 7) is 3.40. The van der Waals surface area contributed by atoms with Crippen LogP contribution in [0.4, 0.5) is 5.69 Å². The molecule has 1 heterocycles. The van der Waals surface area contributed by atoms with Gasteiger partial charge in [0.15, 0.2) is 5.16 Å². The zero-order valence-electron chi connectivity index (χ0n) is 11.0. The first kappa shape index (κ1) is 14.4. The lowest BCUT2D eigenvalue weighted by molar-refractivity contribution is -0.387. The summed E-state index contributed by atoms with van der Waals surface area (Å²) in [6, 6.07) is 6.41. The molecule has 2 rings (SSSR count). The van der Waals surface area contributed by atoms with Gasteiger partial charge in [-0.05, 0) is 43.3 Å². The van der Waals surface area contributed by atoms with Crippen LogP contribution in [0.1, 0.15) is 24.3 Å². The molecular formula is C13H13N3O3S. The number of benzene rings is 1. The molecule has 2 aromatic rings. The predicted molar refractivity (Wildman–Crippen MR) is 74.6 cm³/mol.